The zero-order valence-corrected chi connectivity index (χ0v) is 14.3. The van der Waals surface area contributed by atoms with Crippen LogP contribution in [-0.2, 0) is 4.74 Å². The average molecular weight is 342 g/mol. The van der Waals surface area contributed by atoms with Crippen molar-refractivity contribution in [2.75, 3.05) is 18.1 Å². The van der Waals surface area contributed by atoms with Crippen molar-refractivity contribution in [3.63, 3.8) is 0 Å². The smallest absolute Gasteiger partial charge is 0.338 e. The molecule has 2 aromatic carbocycles. The van der Waals surface area contributed by atoms with E-state index in [-0.39, 0.29) is 12.6 Å². The summed E-state index contributed by atoms with van der Waals surface area (Å²) in [7, 11) is 0. The van der Waals surface area contributed by atoms with E-state index < -0.39 is 0 Å². The fraction of sp³-hybridized carbons (Fsp3) is 0.211. The summed E-state index contributed by atoms with van der Waals surface area (Å²) in [6.07, 6.45) is 3.80. The van der Waals surface area contributed by atoms with Gasteiger partial charge in [-0.05, 0) is 29.3 Å². The highest BCUT2D eigenvalue weighted by Crippen LogP contribution is 2.45. The Bertz CT molecular complexity index is 660. The first-order chi connectivity index (χ1) is 11.3. The largest absolute Gasteiger partial charge is 0.458 e. The highest BCUT2D eigenvalue weighted by Gasteiger charge is 2.18. The Balaban J connectivity index is 1.51. The molecule has 0 aromatic heterocycles. The summed E-state index contributed by atoms with van der Waals surface area (Å²) in [5, 5.41) is 0. The van der Waals surface area contributed by atoms with Crippen LogP contribution >= 0.6 is 23.5 Å². The van der Waals surface area contributed by atoms with Gasteiger partial charge in [0.05, 0.1) is 10.1 Å². The Morgan fingerprint density at radius 1 is 1.04 bits per heavy atom. The summed E-state index contributed by atoms with van der Waals surface area (Å²) in [6.45, 7) is 0.282. The second-order valence-corrected chi connectivity index (χ2v) is 7.83. The quantitative estimate of drug-likeness (QED) is 0.712. The lowest BCUT2D eigenvalue weighted by atomic mass is 10.1. The first kappa shape index (κ1) is 16.2. The molecule has 2 aromatic rings. The monoisotopic (exact) mass is 342 g/mol. The third kappa shape index (κ3) is 4.66. The molecule has 0 atom stereocenters. The van der Waals surface area contributed by atoms with Crippen molar-refractivity contribution in [2.45, 2.75) is 4.58 Å². The lowest BCUT2D eigenvalue weighted by Crippen LogP contribution is -2.05. The minimum absolute atomic E-state index is 0.277. The SMILES string of the molecule is O=C(OC/C=C/c1ccccc1)c1ccc(C2SCCS2)cc1. The number of thioether (sulfide) groups is 2. The summed E-state index contributed by atoms with van der Waals surface area (Å²) >= 11 is 3.92. The van der Waals surface area contributed by atoms with Crippen molar-refractivity contribution in [2.24, 2.45) is 0 Å². The summed E-state index contributed by atoms with van der Waals surface area (Å²) in [4.78, 5) is 12.0. The average Bonchev–Trinajstić information content (AvgIpc) is 3.14. The van der Waals surface area contributed by atoms with E-state index in [9.17, 15) is 4.79 Å². The normalized spacial score (nSPS) is 15.1. The van der Waals surface area contributed by atoms with Crippen LogP contribution in [0.1, 0.15) is 26.1 Å². The molecule has 1 aliphatic heterocycles. The van der Waals surface area contributed by atoms with Gasteiger partial charge < -0.3 is 4.74 Å². The summed E-state index contributed by atoms with van der Waals surface area (Å²) in [5.74, 6) is 2.13. The Hall–Kier alpha value is -1.65. The minimum Gasteiger partial charge on any atom is -0.458 e. The molecule has 0 radical (unpaired) electrons. The molecular formula is C19H18O2S2. The van der Waals surface area contributed by atoms with E-state index in [2.05, 4.69) is 0 Å². The van der Waals surface area contributed by atoms with Crippen LogP contribution in [0.15, 0.2) is 60.7 Å². The van der Waals surface area contributed by atoms with Gasteiger partial charge in [-0.3, -0.25) is 0 Å². The van der Waals surface area contributed by atoms with Gasteiger partial charge in [0.15, 0.2) is 0 Å². The van der Waals surface area contributed by atoms with Crippen molar-refractivity contribution in [3.8, 4) is 0 Å². The van der Waals surface area contributed by atoms with Crippen molar-refractivity contribution in [1.82, 2.24) is 0 Å². The molecule has 0 bridgehead atoms. The van der Waals surface area contributed by atoms with E-state index in [4.69, 9.17) is 4.74 Å². The lowest BCUT2D eigenvalue weighted by molar-refractivity contribution is 0.0550. The standard InChI is InChI=1S/C19H18O2S2/c20-18(21-12-4-7-15-5-2-1-3-6-15)16-8-10-17(11-9-16)19-22-13-14-23-19/h1-11,19H,12-14H2/b7-4+. The molecule has 4 heteroatoms. The fourth-order valence-electron chi connectivity index (χ4n) is 2.28. The number of carbonyl (C=O) groups is 1. The highest BCUT2D eigenvalue weighted by atomic mass is 32.2. The van der Waals surface area contributed by atoms with Crippen LogP contribution in [-0.4, -0.2) is 24.1 Å². The summed E-state index contributed by atoms with van der Waals surface area (Å²) in [5.41, 5.74) is 2.98. The molecule has 1 heterocycles. The summed E-state index contributed by atoms with van der Waals surface area (Å²) < 4.78 is 5.79. The maximum absolute atomic E-state index is 12.0. The molecule has 1 aliphatic rings. The van der Waals surface area contributed by atoms with Crippen molar-refractivity contribution < 1.29 is 9.53 Å². The number of hydrogen-bond donors (Lipinski definition) is 0. The number of hydrogen-bond acceptors (Lipinski definition) is 4. The van der Waals surface area contributed by atoms with Crippen LogP contribution in [0.25, 0.3) is 6.08 Å². The zero-order chi connectivity index (χ0) is 15.9. The molecule has 3 rings (SSSR count). The first-order valence-electron chi connectivity index (χ1n) is 7.55. The molecule has 2 nitrogen and oxygen atoms in total. The van der Waals surface area contributed by atoms with Crippen LogP contribution in [0, 0.1) is 0 Å². The number of carbonyl (C=O) groups excluding carboxylic acids is 1. The second kappa shape index (κ2) is 8.27. The molecule has 0 saturated carbocycles. The number of ether oxygens (including phenoxy) is 1. The van der Waals surface area contributed by atoms with Gasteiger partial charge in [-0.2, -0.15) is 0 Å². The van der Waals surface area contributed by atoms with E-state index in [1.54, 1.807) is 0 Å². The van der Waals surface area contributed by atoms with Gasteiger partial charge in [-0.15, -0.1) is 23.5 Å². The molecule has 118 valence electrons. The minimum atomic E-state index is -0.277. The predicted molar refractivity (Wildman–Crippen MR) is 99.9 cm³/mol. The van der Waals surface area contributed by atoms with Gasteiger partial charge in [0, 0.05) is 11.5 Å². The van der Waals surface area contributed by atoms with Gasteiger partial charge in [-0.25, -0.2) is 4.79 Å². The Morgan fingerprint density at radius 2 is 1.74 bits per heavy atom. The molecule has 0 spiro atoms. The van der Waals surface area contributed by atoms with E-state index in [1.165, 1.54) is 17.1 Å². The highest BCUT2D eigenvalue weighted by molar-refractivity contribution is 8.19. The number of esters is 1. The first-order valence-corrected chi connectivity index (χ1v) is 9.64. The molecule has 23 heavy (non-hydrogen) atoms. The van der Waals surface area contributed by atoms with Crippen LogP contribution in [0.4, 0.5) is 0 Å². The molecule has 0 unspecified atom stereocenters. The van der Waals surface area contributed by atoms with Crippen LogP contribution < -0.4 is 0 Å². The third-order valence-corrected chi connectivity index (χ3v) is 6.57. The predicted octanol–water partition coefficient (Wildman–Crippen LogP) is 5.04. The van der Waals surface area contributed by atoms with E-state index in [0.717, 1.165) is 5.56 Å². The van der Waals surface area contributed by atoms with Gasteiger partial charge in [0.2, 0.25) is 0 Å². The van der Waals surface area contributed by atoms with Crippen molar-refractivity contribution in [1.29, 1.82) is 0 Å². The van der Waals surface area contributed by atoms with Gasteiger partial charge >= 0.3 is 5.97 Å². The van der Waals surface area contributed by atoms with Crippen LogP contribution in [0.3, 0.4) is 0 Å². The van der Waals surface area contributed by atoms with Gasteiger partial charge in [0.1, 0.15) is 6.61 Å². The maximum atomic E-state index is 12.0. The Morgan fingerprint density at radius 3 is 2.43 bits per heavy atom. The van der Waals surface area contributed by atoms with Gasteiger partial charge in [0.25, 0.3) is 0 Å². The van der Waals surface area contributed by atoms with Gasteiger partial charge in [-0.1, -0.05) is 48.5 Å². The molecule has 1 saturated heterocycles. The van der Waals surface area contributed by atoms with Crippen LogP contribution in [0.5, 0.6) is 0 Å². The lowest BCUT2D eigenvalue weighted by Gasteiger charge is -2.08. The molecular weight excluding hydrogens is 324 g/mol. The van der Waals surface area contributed by atoms with Crippen LogP contribution in [0.2, 0.25) is 0 Å². The third-order valence-electron chi connectivity index (χ3n) is 3.46. The van der Waals surface area contributed by atoms with Crippen molar-refractivity contribution in [3.05, 3.63) is 77.4 Å². The Labute approximate surface area is 145 Å². The van der Waals surface area contributed by atoms with E-state index >= 15 is 0 Å². The molecule has 0 N–H and O–H groups in total. The van der Waals surface area contributed by atoms with E-state index in [0.29, 0.717) is 10.1 Å². The zero-order valence-electron chi connectivity index (χ0n) is 12.7. The maximum Gasteiger partial charge on any atom is 0.338 e. The topological polar surface area (TPSA) is 26.3 Å². The number of benzene rings is 2. The second-order valence-electron chi connectivity index (χ2n) is 5.11. The fourth-order valence-corrected chi connectivity index (χ4v) is 5.14. The molecule has 0 aliphatic carbocycles. The van der Waals surface area contributed by atoms with Crippen molar-refractivity contribution >= 4 is 35.6 Å². The number of rotatable bonds is 5. The summed E-state index contributed by atoms with van der Waals surface area (Å²) in [6, 6.07) is 17.7. The molecule has 1 fully saturated rings. The Kier molecular flexibility index (Phi) is 5.83. The molecule has 0 amide bonds. The van der Waals surface area contributed by atoms with E-state index in [1.807, 2.05) is 90.3 Å².